The minimum atomic E-state index is 0.104. The van der Waals surface area contributed by atoms with Crippen LogP contribution in [0.4, 0.5) is 0 Å². The van der Waals surface area contributed by atoms with Crippen LogP contribution in [0.1, 0.15) is 76.6 Å². The first kappa shape index (κ1) is 25.6. The van der Waals surface area contributed by atoms with Gasteiger partial charge in [-0.05, 0) is 67.5 Å². The van der Waals surface area contributed by atoms with Crippen molar-refractivity contribution in [2.24, 2.45) is 0 Å². The summed E-state index contributed by atoms with van der Waals surface area (Å²) in [4.78, 5) is 24.2. The lowest BCUT2D eigenvalue weighted by Gasteiger charge is -2.32. The molecular formula is C30H35N5OS. The first-order valence-corrected chi connectivity index (χ1v) is 14.1. The van der Waals surface area contributed by atoms with Crippen molar-refractivity contribution in [2.75, 3.05) is 19.6 Å². The summed E-state index contributed by atoms with van der Waals surface area (Å²) in [6, 6.07) is 14.2. The lowest BCUT2D eigenvalue weighted by molar-refractivity contribution is 0.0712. The highest BCUT2D eigenvalue weighted by Crippen LogP contribution is 2.32. The SMILES string of the molecule is Cc1cc(C)c(-c2nc3c([nH]2)CN(SC(C)C)CC3)cc1C(=O)N1CCC(c2ccc(C#N)cc2)CC1. The first-order valence-electron chi connectivity index (χ1n) is 13.2. The number of hydrogen-bond donors (Lipinski definition) is 1. The molecule has 1 saturated heterocycles. The van der Waals surface area contributed by atoms with Crippen LogP contribution in [0.3, 0.4) is 0 Å². The van der Waals surface area contributed by atoms with E-state index < -0.39 is 0 Å². The summed E-state index contributed by atoms with van der Waals surface area (Å²) < 4.78 is 2.41. The Hall–Kier alpha value is -3.08. The number of aromatic amines is 1. The van der Waals surface area contributed by atoms with Crippen LogP contribution in [0.5, 0.6) is 0 Å². The minimum absolute atomic E-state index is 0.104. The number of nitriles is 1. The molecule has 6 nitrogen and oxygen atoms in total. The normalized spacial score (nSPS) is 16.6. The van der Waals surface area contributed by atoms with Crippen molar-refractivity contribution in [3.05, 3.63) is 75.6 Å². The molecule has 2 aliphatic rings. The number of piperidine rings is 1. The highest BCUT2D eigenvalue weighted by atomic mass is 32.2. The van der Waals surface area contributed by atoms with Gasteiger partial charge in [-0.15, -0.1) is 0 Å². The lowest BCUT2D eigenvalue weighted by atomic mass is 9.88. The summed E-state index contributed by atoms with van der Waals surface area (Å²) >= 11 is 1.89. The number of nitrogens with one attached hydrogen (secondary N) is 1. The van der Waals surface area contributed by atoms with Gasteiger partial charge in [-0.25, -0.2) is 9.29 Å². The number of amides is 1. The van der Waals surface area contributed by atoms with E-state index in [1.807, 2.05) is 42.0 Å². The molecule has 7 heteroatoms. The molecule has 3 aromatic rings. The van der Waals surface area contributed by atoms with Crippen LogP contribution in [-0.2, 0) is 13.0 Å². The standard InChI is InChI=1S/C30H35N5OS/c1-19(2)37-35-14-11-27-28(18-35)33-29(32-27)25-16-26(21(4)15-20(25)3)30(36)34-12-9-24(10-13-34)23-7-5-22(17-31)6-8-23/h5-8,15-16,19,24H,9-14,18H2,1-4H3,(H,32,33). The summed E-state index contributed by atoms with van der Waals surface area (Å²) in [6.45, 7) is 11.9. The Morgan fingerprint density at radius 1 is 1.11 bits per heavy atom. The second-order valence-electron chi connectivity index (χ2n) is 10.6. The summed E-state index contributed by atoms with van der Waals surface area (Å²) in [5.41, 5.74) is 8.20. The van der Waals surface area contributed by atoms with E-state index in [4.69, 9.17) is 10.2 Å². The van der Waals surface area contributed by atoms with E-state index in [0.717, 1.165) is 79.2 Å². The zero-order chi connectivity index (χ0) is 26.1. The fourth-order valence-corrected chi connectivity index (χ4v) is 6.54. The van der Waals surface area contributed by atoms with Crippen LogP contribution in [0, 0.1) is 25.2 Å². The van der Waals surface area contributed by atoms with Crippen molar-refractivity contribution in [3.63, 3.8) is 0 Å². The summed E-state index contributed by atoms with van der Waals surface area (Å²) in [5.74, 6) is 1.40. The molecule has 192 valence electrons. The first-order chi connectivity index (χ1) is 17.8. The van der Waals surface area contributed by atoms with Gasteiger partial charge in [0.05, 0.1) is 29.6 Å². The maximum absolute atomic E-state index is 13.6. The van der Waals surface area contributed by atoms with Gasteiger partial charge in [0.2, 0.25) is 0 Å². The van der Waals surface area contributed by atoms with Crippen LogP contribution in [0.25, 0.3) is 11.4 Å². The molecule has 0 radical (unpaired) electrons. The quantitative estimate of drug-likeness (QED) is 0.424. The van der Waals surface area contributed by atoms with Crippen LogP contribution < -0.4 is 0 Å². The van der Waals surface area contributed by atoms with E-state index in [2.05, 4.69) is 54.3 Å². The molecule has 5 rings (SSSR count). The summed E-state index contributed by atoms with van der Waals surface area (Å²) in [6.07, 6.45) is 2.81. The predicted octanol–water partition coefficient (Wildman–Crippen LogP) is 6.00. The van der Waals surface area contributed by atoms with Crippen molar-refractivity contribution in [3.8, 4) is 17.5 Å². The van der Waals surface area contributed by atoms with Crippen molar-refractivity contribution in [2.45, 2.75) is 64.7 Å². The van der Waals surface area contributed by atoms with Crippen LogP contribution in [0.2, 0.25) is 0 Å². The van der Waals surface area contributed by atoms with Crippen molar-refractivity contribution < 1.29 is 4.79 Å². The maximum atomic E-state index is 13.6. The molecular weight excluding hydrogens is 478 g/mol. The average Bonchev–Trinajstić information content (AvgIpc) is 3.31. The number of benzene rings is 2. The summed E-state index contributed by atoms with van der Waals surface area (Å²) in [7, 11) is 0. The number of aromatic nitrogens is 2. The number of aryl methyl sites for hydroxylation is 2. The molecule has 0 atom stereocenters. The maximum Gasteiger partial charge on any atom is 0.254 e. The van der Waals surface area contributed by atoms with Gasteiger partial charge in [0.1, 0.15) is 5.82 Å². The number of carbonyl (C=O) groups is 1. The number of likely N-dealkylation sites (tertiary alicyclic amines) is 1. The average molecular weight is 514 g/mol. The third kappa shape index (κ3) is 5.46. The largest absolute Gasteiger partial charge is 0.341 e. The monoisotopic (exact) mass is 513 g/mol. The molecule has 1 N–H and O–H groups in total. The Balaban J connectivity index is 1.32. The topological polar surface area (TPSA) is 76.0 Å². The van der Waals surface area contributed by atoms with E-state index in [9.17, 15) is 4.79 Å². The zero-order valence-electron chi connectivity index (χ0n) is 22.2. The summed E-state index contributed by atoms with van der Waals surface area (Å²) in [5, 5.41) is 9.61. The van der Waals surface area contributed by atoms with Crippen LogP contribution in [0.15, 0.2) is 36.4 Å². The molecule has 2 aliphatic heterocycles. The fourth-order valence-electron chi connectivity index (χ4n) is 5.54. The van der Waals surface area contributed by atoms with Gasteiger partial charge in [-0.2, -0.15) is 5.26 Å². The second-order valence-corrected chi connectivity index (χ2v) is 12.2. The Morgan fingerprint density at radius 3 is 2.51 bits per heavy atom. The van der Waals surface area contributed by atoms with E-state index >= 15 is 0 Å². The van der Waals surface area contributed by atoms with E-state index in [1.54, 1.807) is 0 Å². The minimum Gasteiger partial charge on any atom is -0.341 e. The van der Waals surface area contributed by atoms with Gasteiger partial charge in [0.15, 0.2) is 0 Å². The van der Waals surface area contributed by atoms with E-state index in [-0.39, 0.29) is 5.91 Å². The number of imidazole rings is 1. The number of H-pyrrole nitrogens is 1. The van der Waals surface area contributed by atoms with Gasteiger partial charge in [-0.3, -0.25) is 4.79 Å². The number of hydrogen-bond acceptors (Lipinski definition) is 5. The zero-order valence-corrected chi connectivity index (χ0v) is 23.0. The predicted molar refractivity (Wildman–Crippen MR) is 149 cm³/mol. The third-order valence-electron chi connectivity index (χ3n) is 7.51. The van der Waals surface area contributed by atoms with Crippen molar-refractivity contribution >= 4 is 17.9 Å². The molecule has 1 aromatic heterocycles. The van der Waals surface area contributed by atoms with Crippen molar-refractivity contribution in [1.82, 2.24) is 19.2 Å². The Kier molecular flexibility index (Phi) is 7.41. The highest BCUT2D eigenvalue weighted by molar-refractivity contribution is 7.97. The van der Waals surface area contributed by atoms with E-state index in [0.29, 0.717) is 16.7 Å². The molecule has 3 heterocycles. The number of fused-ring (bicyclic) bond motifs is 1. The Labute approximate surface area is 224 Å². The van der Waals surface area contributed by atoms with E-state index in [1.165, 1.54) is 11.3 Å². The van der Waals surface area contributed by atoms with Gasteiger partial charge >= 0.3 is 0 Å². The lowest BCUT2D eigenvalue weighted by Crippen LogP contribution is -2.38. The van der Waals surface area contributed by atoms with Gasteiger partial charge in [0.25, 0.3) is 5.91 Å². The van der Waals surface area contributed by atoms with Gasteiger partial charge < -0.3 is 9.88 Å². The molecule has 37 heavy (non-hydrogen) atoms. The van der Waals surface area contributed by atoms with Crippen LogP contribution in [-0.4, -0.2) is 50.0 Å². The molecule has 0 spiro atoms. The molecule has 1 fully saturated rings. The van der Waals surface area contributed by atoms with Gasteiger partial charge in [-0.1, -0.05) is 44.0 Å². The highest BCUT2D eigenvalue weighted by Gasteiger charge is 2.27. The second kappa shape index (κ2) is 10.7. The fraction of sp³-hybridized carbons (Fsp3) is 0.433. The molecule has 1 amide bonds. The third-order valence-corrected chi connectivity index (χ3v) is 8.54. The number of nitrogens with zero attached hydrogens (tertiary/aromatic N) is 4. The Morgan fingerprint density at radius 2 is 1.84 bits per heavy atom. The van der Waals surface area contributed by atoms with Crippen molar-refractivity contribution in [1.29, 1.82) is 5.26 Å². The molecule has 0 saturated carbocycles. The molecule has 0 unspecified atom stereocenters. The molecule has 2 aromatic carbocycles. The Bertz CT molecular complexity index is 1330. The molecule has 0 bridgehead atoms. The van der Waals surface area contributed by atoms with Crippen LogP contribution >= 0.6 is 11.9 Å². The molecule has 0 aliphatic carbocycles. The smallest absolute Gasteiger partial charge is 0.254 e. The number of rotatable bonds is 5. The van der Waals surface area contributed by atoms with Gasteiger partial charge in [0, 0.05) is 42.4 Å². The number of carbonyl (C=O) groups excluding carboxylic acids is 1.